The number of rotatable bonds is 4. The van der Waals surface area contributed by atoms with E-state index in [-0.39, 0.29) is 5.82 Å². The van der Waals surface area contributed by atoms with Crippen molar-refractivity contribution in [1.82, 2.24) is 4.98 Å². The van der Waals surface area contributed by atoms with Gasteiger partial charge in [0.05, 0.1) is 5.69 Å². The number of ether oxygens (including phenoxy) is 1. The Labute approximate surface area is 125 Å². The highest BCUT2D eigenvalue weighted by Crippen LogP contribution is 2.26. The average Bonchev–Trinajstić information content (AvgIpc) is 2.94. The van der Waals surface area contributed by atoms with E-state index in [0.717, 1.165) is 5.69 Å². The van der Waals surface area contributed by atoms with E-state index < -0.39 is 0 Å². The predicted octanol–water partition coefficient (Wildman–Crippen LogP) is 4.11. The van der Waals surface area contributed by atoms with Crippen LogP contribution in [-0.4, -0.2) is 4.98 Å². The Bertz CT molecular complexity index is 757. The number of hydrogen-bond acceptors (Lipinski definition) is 4. The smallest absolute Gasteiger partial charge is 0.133 e. The van der Waals surface area contributed by atoms with Crippen LogP contribution in [0.4, 0.5) is 10.1 Å². The molecular formula is C16H13FN2OS. The first-order valence-corrected chi connectivity index (χ1v) is 7.28. The highest BCUT2D eigenvalue weighted by Gasteiger charge is 2.09. The van der Waals surface area contributed by atoms with Crippen LogP contribution in [0.5, 0.6) is 5.75 Å². The number of anilines is 1. The number of nitrogens with zero attached hydrogens (tertiary/aromatic N) is 1. The van der Waals surface area contributed by atoms with Gasteiger partial charge in [-0.15, -0.1) is 11.3 Å². The van der Waals surface area contributed by atoms with Gasteiger partial charge in [-0.25, -0.2) is 9.37 Å². The van der Waals surface area contributed by atoms with Crippen LogP contribution < -0.4 is 10.5 Å². The Morgan fingerprint density at radius 3 is 2.81 bits per heavy atom. The maximum Gasteiger partial charge on any atom is 0.133 e. The summed E-state index contributed by atoms with van der Waals surface area (Å²) in [5, 5.41) is 2.52. The Balaban J connectivity index is 1.72. The fourth-order valence-electron chi connectivity index (χ4n) is 1.89. The van der Waals surface area contributed by atoms with Gasteiger partial charge in [-0.05, 0) is 24.3 Å². The Morgan fingerprint density at radius 2 is 2.00 bits per heavy atom. The van der Waals surface area contributed by atoms with Crippen molar-refractivity contribution in [2.45, 2.75) is 6.61 Å². The van der Waals surface area contributed by atoms with Gasteiger partial charge < -0.3 is 10.5 Å². The molecule has 0 radical (unpaired) electrons. The molecule has 3 rings (SSSR count). The van der Waals surface area contributed by atoms with Gasteiger partial charge in [0.15, 0.2) is 0 Å². The summed E-state index contributed by atoms with van der Waals surface area (Å²) in [5.41, 5.74) is 7.62. The van der Waals surface area contributed by atoms with Crippen LogP contribution in [0.2, 0.25) is 0 Å². The van der Waals surface area contributed by atoms with Crippen LogP contribution in [0.15, 0.2) is 53.9 Å². The van der Waals surface area contributed by atoms with Crippen LogP contribution in [0.1, 0.15) is 5.69 Å². The number of aromatic nitrogens is 1. The van der Waals surface area contributed by atoms with Crippen molar-refractivity contribution in [2.75, 3.05) is 5.73 Å². The number of benzene rings is 2. The standard InChI is InChI=1S/C16H13FN2OS/c17-15-7-2-1-6-14(15)16-19-12(10-21-16)9-20-13-5-3-4-11(18)8-13/h1-8,10H,9,18H2. The van der Waals surface area contributed by atoms with E-state index in [0.29, 0.717) is 28.6 Å². The van der Waals surface area contributed by atoms with Gasteiger partial charge in [-0.1, -0.05) is 18.2 Å². The molecule has 2 aromatic carbocycles. The van der Waals surface area contributed by atoms with E-state index in [1.54, 1.807) is 30.3 Å². The molecule has 0 aliphatic rings. The number of nitrogens with two attached hydrogens (primary N) is 1. The first-order chi connectivity index (χ1) is 10.2. The molecule has 3 nitrogen and oxygen atoms in total. The minimum absolute atomic E-state index is 0.268. The molecule has 0 fully saturated rings. The maximum atomic E-state index is 13.7. The molecule has 21 heavy (non-hydrogen) atoms. The van der Waals surface area contributed by atoms with Crippen molar-refractivity contribution in [2.24, 2.45) is 0 Å². The molecule has 5 heteroatoms. The monoisotopic (exact) mass is 300 g/mol. The van der Waals surface area contributed by atoms with E-state index in [2.05, 4.69) is 4.98 Å². The minimum atomic E-state index is -0.268. The molecule has 106 valence electrons. The van der Waals surface area contributed by atoms with Gasteiger partial charge in [-0.3, -0.25) is 0 Å². The van der Waals surface area contributed by atoms with Crippen molar-refractivity contribution >= 4 is 17.0 Å². The summed E-state index contributed by atoms with van der Waals surface area (Å²) in [5.74, 6) is 0.422. The SMILES string of the molecule is Nc1cccc(OCc2csc(-c3ccccc3F)n2)c1. The molecule has 0 saturated carbocycles. The third-order valence-electron chi connectivity index (χ3n) is 2.90. The summed E-state index contributed by atoms with van der Waals surface area (Å²) in [6.07, 6.45) is 0. The summed E-state index contributed by atoms with van der Waals surface area (Å²) in [6.45, 7) is 0.328. The lowest BCUT2D eigenvalue weighted by Crippen LogP contribution is -1.96. The summed E-state index contributed by atoms with van der Waals surface area (Å²) in [7, 11) is 0. The summed E-state index contributed by atoms with van der Waals surface area (Å²) < 4.78 is 19.3. The predicted molar refractivity (Wildman–Crippen MR) is 82.7 cm³/mol. The van der Waals surface area contributed by atoms with Gasteiger partial charge >= 0.3 is 0 Å². The molecular weight excluding hydrogens is 287 g/mol. The van der Waals surface area contributed by atoms with Gasteiger partial charge in [0.25, 0.3) is 0 Å². The summed E-state index contributed by atoms with van der Waals surface area (Å²) in [6, 6.07) is 13.8. The number of halogens is 1. The van der Waals surface area contributed by atoms with E-state index >= 15 is 0 Å². The molecule has 0 spiro atoms. The third kappa shape index (κ3) is 3.20. The van der Waals surface area contributed by atoms with Crippen molar-refractivity contribution in [3.63, 3.8) is 0 Å². The molecule has 2 N–H and O–H groups in total. The maximum absolute atomic E-state index is 13.7. The minimum Gasteiger partial charge on any atom is -0.487 e. The first-order valence-electron chi connectivity index (χ1n) is 6.40. The molecule has 0 aliphatic carbocycles. The van der Waals surface area contributed by atoms with E-state index in [4.69, 9.17) is 10.5 Å². The lowest BCUT2D eigenvalue weighted by atomic mass is 10.2. The fraction of sp³-hybridized carbons (Fsp3) is 0.0625. The fourth-order valence-corrected chi connectivity index (χ4v) is 2.72. The van der Waals surface area contributed by atoms with Crippen LogP contribution in [0.3, 0.4) is 0 Å². The zero-order chi connectivity index (χ0) is 14.7. The normalized spacial score (nSPS) is 10.5. The topological polar surface area (TPSA) is 48.1 Å². The Kier molecular flexibility index (Phi) is 3.83. The summed E-state index contributed by atoms with van der Waals surface area (Å²) in [4.78, 5) is 4.40. The van der Waals surface area contributed by atoms with E-state index in [9.17, 15) is 4.39 Å². The van der Waals surface area contributed by atoms with Crippen molar-refractivity contribution in [3.8, 4) is 16.3 Å². The van der Waals surface area contributed by atoms with Crippen molar-refractivity contribution < 1.29 is 9.13 Å². The Hall–Kier alpha value is -2.40. The largest absolute Gasteiger partial charge is 0.487 e. The van der Waals surface area contributed by atoms with Gasteiger partial charge in [-0.2, -0.15) is 0 Å². The van der Waals surface area contributed by atoms with Gasteiger partial charge in [0.1, 0.15) is 23.2 Å². The average molecular weight is 300 g/mol. The second-order valence-corrected chi connectivity index (χ2v) is 5.34. The third-order valence-corrected chi connectivity index (χ3v) is 3.83. The highest BCUT2D eigenvalue weighted by atomic mass is 32.1. The van der Waals surface area contributed by atoms with Crippen LogP contribution in [0, 0.1) is 5.82 Å². The van der Waals surface area contributed by atoms with Gasteiger partial charge in [0, 0.05) is 22.7 Å². The lowest BCUT2D eigenvalue weighted by Gasteiger charge is -2.04. The Morgan fingerprint density at radius 1 is 1.14 bits per heavy atom. The number of nitrogen functional groups attached to an aromatic ring is 1. The van der Waals surface area contributed by atoms with Crippen LogP contribution in [0.25, 0.3) is 10.6 Å². The molecule has 0 saturated heterocycles. The van der Waals surface area contributed by atoms with Crippen molar-refractivity contribution in [1.29, 1.82) is 0 Å². The second kappa shape index (κ2) is 5.93. The van der Waals surface area contributed by atoms with Crippen LogP contribution in [-0.2, 0) is 6.61 Å². The zero-order valence-corrected chi connectivity index (χ0v) is 11.9. The molecule has 0 amide bonds. The summed E-state index contributed by atoms with van der Waals surface area (Å²) >= 11 is 1.40. The highest BCUT2D eigenvalue weighted by molar-refractivity contribution is 7.13. The number of thiazole rings is 1. The van der Waals surface area contributed by atoms with Crippen LogP contribution >= 0.6 is 11.3 Å². The zero-order valence-electron chi connectivity index (χ0n) is 11.1. The van der Waals surface area contributed by atoms with Crippen molar-refractivity contribution in [3.05, 3.63) is 65.4 Å². The van der Waals surface area contributed by atoms with E-state index in [1.165, 1.54) is 17.4 Å². The molecule has 0 bridgehead atoms. The van der Waals surface area contributed by atoms with Gasteiger partial charge in [0.2, 0.25) is 0 Å². The molecule has 0 unspecified atom stereocenters. The molecule has 1 aromatic heterocycles. The second-order valence-electron chi connectivity index (χ2n) is 4.49. The molecule has 0 aliphatic heterocycles. The quantitative estimate of drug-likeness (QED) is 0.738. The number of hydrogen-bond donors (Lipinski definition) is 1. The molecule has 1 heterocycles. The molecule has 0 atom stereocenters. The first kappa shape index (κ1) is 13.6. The lowest BCUT2D eigenvalue weighted by molar-refractivity contribution is 0.302. The van der Waals surface area contributed by atoms with E-state index in [1.807, 2.05) is 17.5 Å². The molecule has 3 aromatic rings.